The summed E-state index contributed by atoms with van der Waals surface area (Å²) in [5.41, 5.74) is 0. The van der Waals surface area contributed by atoms with Crippen LogP contribution in [0.1, 0.15) is 13.3 Å². The van der Waals surface area contributed by atoms with Gasteiger partial charge in [0.25, 0.3) is 0 Å². The average molecular weight is 116 g/mol. The van der Waals surface area contributed by atoms with Crippen LogP contribution in [0.3, 0.4) is 0 Å². The largest absolute Gasteiger partial charge is 0.396 e. The van der Waals surface area contributed by atoms with Crippen LogP contribution in [0.15, 0.2) is 0 Å². The molecule has 8 heavy (non-hydrogen) atoms. The van der Waals surface area contributed by atoms with Crippen molar-refractivity contribution in [2.24, 2.45) is 5.92 Å². The summed E-state index contributed by atoms with van der Waals surface area (Å²) in [7, 11) is 0. The molecule has 2 unspecified atom stereocenters. The molecule has 48 valence electrons. The van der Waals surface area contributed by atoms with E-state index >= 15 is 0 Å². The van der Waals surface area contributed by atoms with Gasteiger partial charge in [-0.3, -0.25) is 0 Å². The van der Waals surface area contributed by atoms with E-state index in [0.29, 0.717) is 18.6 Å². The van der Waals surface area contributed by atoms with Gasteiger partial charge in [0, 0.05) is 6.61 Å². The zero-order chi connectivity index (χ0) is 5.98. The molecule has 1 aliphatic heterocycles. The van der Waals surface area contributed by atoms with E-state index in [0.717, 1.165) is 13.0 Å². The number of aliphatic hydroxyl groups is 1. The average Bonchev–Trinajstić information content (AvgIpc) is 2.45. The Labute approximate surface area is 49.5 Å². The molecule has 1 fully saturated rings. The summed E-state index contributed by atoms with van der Waals surface area (Å²) in [6.07, 6.45) is 1.34. The van der Waals surface area contributed by atoms with Gasteiger partial charge in [0.1, 0.15) is 0 Å². The molecule has 2 nitrogen and oxygen atoms in total. The summed E-state index contributed by atoms with van der Waals surface area (Å²) >= 11 is 0. The molecule has 0 aromatic carbocycles. The van der Waals surface area contributed by atoms with Crippen LogP contribution >= 0.6 is 0 Å². The minimum atomic E-state index is 0.293. The SMILES string of the molecule is CC(CCO)C1CO1. The molecule has 0 bridgehead atoms. The highest BCUT2D eigenvalue weighted by Crippen LogP contribution is 2.21. The lowest BCUT2D eigenvalue weighted by atomic mass is 10.1. The number of hydrogen-bond donors (Lipinski definition) is 1. The molecule has 0 aliphatic carbocycles. The van der Waals surface area contributed by atoms with Crippen LogP contribution < -0.4 is 0 Å². The molecule has 1 N–H and O–H groups in total. The number of epoxide rings is 1. The molecular weight excluding hydrogens is 104 g/mol. The summed E-state index contributed by atoms with van der Waals surface area (Å²) in [6, 6.07) is 0. The third kappa shape index (κ3) is 1.46. The van der Waals surface area contributed by atoms with Crippen LogP contribution in [-0.2, 0) is 4.74 Å². The molecule has 1 heterocycles. The second kappa shape index (κ2) is 2.46. The second-order valence-electron chi connectivity index (χ2n) is 2.36. The van der Waals surface area contributed by atoms with E-state index in [9.17, 15) is 0 Å². The van der Waals surface area contributed by atoms with Crippen LogP contribution in [0.2, 0.25) is 0 Å². The molecule has 0 spiro atoms. The minimum absolute atomic E-state index is 0.293. The monoisotopic (exact) mass is 116 g/mol. The molecule has 2 heteroatoms. The number of ether oxygens (including phenoxy) is 1. The van der Waals surface area contributed by atoms with E-state index in [2.05, 4.69) is 6.92 Å². The van der Waals surface area contributed by atoms with Crippen molar-refractivity contribution in [3.8, 4) is 0 Å². The second-order valence-corrected chi connectivity index (χ2v) is 2.36. The molecule has 0 aromatic rings. The quantitative estimate of drug-likeness (QED) is 0.541. The van der Waals surface area contributed by atoms with E-state index in [1.165, 1.54) is 0 Å². The first-order chi connectivity index (χ1) is 3.84. The lowest BCUT2D eigenvalue weighted by Gasteiger charge is -2.01. The molecule has 1 rings (SSSR count). The van der Waals surface area contributed by atoms with E-state index < -0.39 is 0 Å². The maximum atomic E-state index is 8.46. The van der Waals surface area contributed by atoms with Crippen molar-refractivity contribution in [2.75, 3.05) is 13.2 Å². The van der Waals surface area contributed by atoms with Crippen LogP contribution in [0.4, 0.5) is 0 Å². The van der Waals surface area contributed by atoms with E-state index in [4.69, 9.17) is 9.84 Å². The normalized spacial score (nSPS) is 30.0. The Kier molecular flexibility index (Phi) is 1.86. The lowest BCUT2D eigenvalue weighted by molar-refractivity contribution is 0.239. The lowest BCUT2D eigenvalue weighted by Crippen LogP contribution is -2.04. The molecule has 0 radical (unpaired) electrons. The van der Waals surface area contributed by atoms with Crippen molar-refractivity contribution >= 4 is 0 Å². The van der Waals surface area contributed by atoms with Crippen LogP contribution in [0.25, 0.3) is 0 Å². The Balaban J connectivity index is 2.03. The Morgan fingerprint density at radius 3 is 2.88 bits per heavy atom. The fourth-order valence-electron chi connectivity index (χ4n) is 0.774. The Bertz CT molecular complexity index is 68.9. The van der Waals surface area contributed by atoms with Crippen molar-refractivity contribution in [3.63, 3.8) is 0 Å². The maximum absolute atomic E-state index is 8.46. The van der Waals surface area contributed by atoms with Gasteiger partial charge in [0.15, 0.2) is 0 Å². The Morgan fingerprint density at radius 1 is 1.88 bits per heavy atom. The summed E-state index contributed by atoms with van der Waals surface area (Å²) < 4.78 is 5.01. The summed E-state index contributed by atoms with van der Waals surface area (Å²) in [4.78, 5) is 0. The van der Waals surface area contributed by atoms with Gasteiger partial charge in [-0.2, -0.15) is 0 Å². The molecule has 0 amide bonds. The summed E-state index contributed by atoms with van der Waals surface area (Å²) in [5, 5.41) is 8.46. The van der Waals surface area contributed by atoms with Gasteiger partial charge >= 0.3 is 0 Å². The first-order valence-electron chi connectivity index (χ1n) is 3.07. The third-order valence-corrected chi connectivity index (χ3v) is 1.58. The highest BCUT2D eigenvalue weighted by atomic mass is 16.6. The van der Waals surface area contributed by atoms with Gasteiger partial charge in [0.05, 0.1) is 12.7 Å². The fourth-order valence-corrected chi connectivity index (χ4v) is 0.774. The zero-order valence-electron chi connectivity index (χ0n) is 5.13. The number of aliphatic hydroxyl groups excluding tert-OH is 1. The predicted molar refractivity (Wildman–Crippen MR) is 30.6 cm³/mol. The molecule has 0 aromatic heterocycles. The maximum Gasteiger partial charge on any atom is 0.0836 e. The highest BCUT2D eigenvalue weighted by molar-refractivity contribution is 4.75. The van der Waals surface area contributed by atoms with Crippen molar-refractivity contribution in [2.45, 2.75) is 19.4 Å². The summed E-state index contributed by atoms with van der Waals surface area (Å²) in [5.74, 6) is 0.556. The van der Waals surface area contributed by atoms with Crippen LogP contribution in [0, 0.1) is 5.92 Å². The van der Waals surface area contributed by atoms with Crippen LogP contribution in [-0.4, -0.2) is 24.4 Å². The molecule has 1 aliphatic rings. The molecular formula is C6H12O2. The zero-order valence-corrected chi connectivity index (χ0v) is 5.13. The van der Waals surface area contributed by atoms with Crippen molar-refractivity contribution in [1.29, 1.82) is 0 Å². The van der Waals surface area contributed by atoms with Gasteiger partial charge < -0.3 is 9.84 Å². The van der Waals surface area contributed by atoms with Crippen LogP contribution in [0.5, 0.6) is 0 Å². The predicted octanol–water partition coefficient (Wildman–Crippen LogP) is 0.404. The smallest absolute Gasteiger partial charge is 0.0836 e. The Hall–Kier alpha value is -0.0800. The first kappa shape index (κ1) is 6.05. The van der Waals surface area contributed by atoms with Gasteiger partial charge in [-0.15, -0.1) is 0 Å². The first-order valence-corrected chi connectivity index (χ1v) is 3.07. The van der Waals surface area contributed by atoms with E-state index in [1.807, 2.05) is 0 Å². The van der Waals surface area contributed by atoms with Gasteiger partial charge in [-0.05, 0) is 12.3 Å². The minimum Gasteiger partial charge on any atom is -0.396 e. The molecule has 0 saturated carbocycles. The topological polar surface area (TPSA) is 32.8 Å². The van der Waals surface area contributed by atoms with Gasteiger partial charge in [-0.25, -0.2) is 0 Å². The standard InChI is InChI=1S/C6H12O2/c1-5(2-3-7)6-4-8-6/h5-7H,2-4H2,1H3. The summed E-state index contributed by atoms with van der Waals surface area (Å²) in [6.45, 7) is 3.30. The van der Waals surface area contributed by atoms with Gasteiger partial charge in [0.2, 0.25) is 0 Å². The Morgan fingerprint density at radius 2 is 2.50 bits per heavy atom. The fraction of sp³-hybridized carbons (Fsp3) is 1.00. The van der Waals surface area contributed by atoms with E-state index in [1.54, 1.807) is 0 Å². The van der Waals surface area contributed by atoms with Crippen molar-refractivity contribution in [1.82, 2.24) is 0 Å². The van der Waals surface area contributed by atoms with Gasteiger partial charge in [-0.1, -0.05) is 6.92 Å². The molecule has 1 saturated heterocycles. The number of rotatable bonds is 3. The highest BCUT2D eigenvalue weighted by Gasteiger charge is 2.28. The number of hydrogen-bond acceptors (Lipinski definition) is 2. The van der Waals surface area contributed by atoms with Crippen molar-refractivity contribution < 1.29 is 9.84 Å². The molecule has 2 atom stereocenters. The van der Waals surface area contributed by atoms with E-state index in [-0.39, 0.29) is 0 Å². The third-order valence-electron chi connectivity index (χ3n) is 1.58. The van der Waals surface area contributed by atoms with Crippen molar-refractivity contribution in [3.05, 3.63) is 0 Å².